The van der Waals surface area contributed by atoms with E-state index in [4.69, 9.17) is 5.11 Å². The summed E-state index contributed by atoms with van der Waals surface area (Å²) in [6.45, 7) is 1.84. The van der Waals surface area contributed by atoms with Gasteiger partial charge in [-0.3, -0.25) is 4.79 Å². The highest BCUT2D eigenvalue weighted by molar-refractivity contribution is 5.95. The molecule has 0 saturated carbocycles. The molecule has 27 heavy (non-hydrogen) atoms. The number of carbonyl (C=O) groups is 2. The Bertz CT molecular complexity index is 897. The average Bonchev–Trinajstić information content (AvgIpc) is 2.69. The lowest BCUT2D eigenvalue weighted by Crippen LogP contribution is -2.17. The Morgan fingerprint density at radius 1 is 0.889 bits per heavy atom. The van der Waals surface area contributed by atoms with Gasteiger partial charge in [0.2, 0.25) is 5.91 Å². The van der Waals surface area contributed by atoms with Crippen molar-refractivity contribution in [3.05, 3.63) is 101 Å². The third kappa shape index (κ3) is 4.61. The molecule has 0 radical (unpaired) electrons. The summed E-state index contributed by atoms with van der Waals surface area (Å²) in [5, 5.41) is 12.0. The van der Waals surface area contributed by atoms with E-state index in [1.807, 2.05) is 67.6 Å². The molecule has 0 spiro atoms. The Kier molecular flexibility index (Phi) is 5.67. The fourth-order valence-corrected chi connectivity index (χ4v) is 3.08. The molecule has 3 aromatic carbocycles. The van der Waals surface area contributed by atoms with Gasteiger partial charge in [-0.2, -0.15) is 0 Å². The number of carbonyl (C=O) groups excluding carboxylic acids is 1. The first-order valence-electron chi connectivity index (χ1n) is 8.78. The maximum atomic E-state index is 12.7. The summed E-state index contributed by atoms with van der Waals surface area (Å²) in [6.07, 6.45) is 0.269. The largest absolute Gasteiger partial charge is 0.478 e. The molecule has 4 heteroatoms. The fourth-order valence-electron chi connectivity index (χ4n) is 3.08. The molecular formula is C23H21NO3. The van der Waals surface area contributed by atoms with Crippen LogP contribution in [0.2, 0.25) is 0 Å². The second-order valence-electron chi connectivity index (χ2n) is 6.46. The predicted molar refractivity (Wildman–Crippen MR) is 106 cm³/mol. The van der Waals surface area contributed by atoms with Crippen molar-refractivity contribution in [1.29, 1.82) is 0 Å². The van der Waals surface area contributed by atoms with Gasteiger partial charge in [0.05, 0.1) is 5.56 Å². The van der Waals surface area contributed by atoms with Crippen molar-refractivity contribution in [2.75, 3.05) is 5.32 Å². The Morgan fingerprint density at radius 3 is 1.96 bits per heavy atom. The Labute approximate surface area is 158 Å². The molecule has 0 heterocycles. The summed E-state index contributed by atoms with van der Waals surface area (Å²) >= 11 is 0. The van der Waals surface area contributed by atoms with Crippen molar-refractivity contribution >= 4 is 17.6 Å². The number of rotatable bonds is 6. The monoisotopic (exact) mass is 359 g/mol. The van der Waals surface area contributed by atoms with Gasteiger partial charge in [0.25, 0.3) is 0 Å². The van der Waals surface area contributed by atoms with E-state index in [1.54, 1.807) is 6.07 Å². The van der Waals surface area contributed by atoms with Crippen LogP contribution in [0.25, 0.3) is 0 Å². The highest BCUT2D eigenvalue weighted by Gasteiger charge is 2.19. The van der Waals surface area contributed by atoms with Gasteiger partial charge in [-0.25, -0.2) is 4.79 Å². The van der Waals surface area contributed by atoms with Crippen LogP contribution in [0.15, 0.2) is 78.9 Å². The molecule has 0 unspecified atom stereocenters. The number of amides is 1. The van der Waals surface area contributed by atoms with Crippen LogP contribution < -0.4 is 5.32 Å². The normalized spacial score (nSPS) is 10.6. The van der Waals surface area contributed by atoms with Crippen molar-refractivity contribution in [3.8, 4) is 0 Å². The van der Waals surface area contributed by atoms with E-state index < -0.39 is 5.97 Å². The van der Waals surface area contributed by atoms with Gasteiger partial charge in [-0.15, -0.1) is 0 Å². The maximum absolute atomic E-state index is 12.7. The fraction of sp³-hybridized carbons (Fsp3) is 0.130. The van der Waals surface area contributed by atoms with E-state index in [0.717, 1.165) is 16.7 Å². The summed E-state index contributed by atoms with van der Waals surface area (Å²) in [5.41, 5.74) is 3.63. The Morgan fingerprint density at radius 2 is 1.44 bits per heavy atom. The third-order valence-electron chi connectivity index (χ3n) is 4.55. The molecule has 0 fully saturated rings. The quantitative estimate of drug-likeness (QED) is 0.661. The number of anilines is 1. The van der Waals surface area contributed by atoms with Crippen LogP contribution in [-0.2, 0) is 4.79 Å². The van der Waals surface area contributed by atoms with Crippen molar-refractivity contribution < 1.29 is 14.7 Å². The number of hydrogen-bond acceptors (Lipinski definition) is 2. The van der Waals surface area contributed by atoms with Crippen LogP contribution >= 0.6 is 0 Å². The van der Waals surface area contributed by atoms with Crippen LogP contribution in [0.5, 0.6) is 0 Å². The minimum Gasteiger partial charge on any atom is -0.478 e. The molecule has 136 valence electrons. The maximum Gasteiger partial charge on any atom is 0.335 e. The Balaban J connectivity index is 1.84. The molecule has 1 amide bonds. The van der Waals surface area contributed by atoms with Gasteiger partial charge >= 0.3 is 5.97 Å². The van der Waals surface area contributed by atoms with Crippen LogP contribution in [0.1, 0.15) is 39.4 Å². The van der Waals surface area contributed by atoms with Gasteiger partial charge in [0, 0.05) is 18.0 Å². The van der Waals surface area contributed by atoms with Gasteiger partial charge in [-0.1, -0.05) is 66.7 Å². The number of aryl methyl sites for hydroxylation is 1. The number of nitrogens with one attached hydrogen (secondary N) is 1. The highest BCUT2D eigenvalue weighted by Crippen LogP contribution is 2.28. The molecule has 0 aliphatic rings. The molecule has 0 saturated heterocycles. The van der Waals surface area contributed by atoms with Crippen LogP contribution in [0, 0.1) is 6.92 Å². The van der Waals surface area contributed by atoms with Crippen molar-refractivity contribution in [1.82, 2.24) is 0 Å². The zero-order valence-electron chi connectivity index (χ0n) is 15.1. The van der Waals surface area contributed by atoms with E-state index in [-0.39, 0.29) is 23.8 Å². The zero-order valence-corrected chi connectivity index (χ0v) is 15.1. The van der Waals surface area contributed by atoms with Gasteiger partial charge in [0.15, 0.2) is 0 Å². The molecule has 0 aliphatic carbocycles. The summed E-state index contributed by atoms with van der Waals surface area (Å²) in [6, 6.07) is 24.5. The summed E-state index contributed by atoms with van der Waals surface area (Å²) in [5.74, 6) is -1.24. The third-order valence-corrected chi connectivity index (χ3v) is 4.55. The lowest BCUT2D eigenvalue weighted by Gasteiger charge is -2.18. The number of aromatic carboxylic acids is 1. The van der Waals surface area contributed by atoms with E-state index in [0.29, 0.717) is 5.69 Å². The summed E-state index contributed by atoms with van der Waals surface area (Å²) in [7, 11) is 0. The summed E-state index contributed by atoms with van der Waals surface area (Å²) in [4.78, 5) is 23.9. The number of benzene rings is 3. The minimum absolute atomic E-state index is 0.0737. The first kappa shape index (κ1) is 18.4. The van der Waals surface area contributed by atoms with E-state index >= 15 is 0 Å². The Hall–Kier alpha value is -3.40. The van der Waals surface area contributed by atoms with Crippen molar-refractivity contribution in [2.45, 2.75) is 19.3 Å². The van der Waals surface area contributed by atoms with Gasteiger partial charge in [0.1, 0.15) is 0 Å². The molecular weight excluding hydrogens is 338 g/mol. The highest BCUT2D eigenvalue weighted by atomic mass is 16.4. The van der Waals surface area contributed by atoms with Crippen molar-refractivity contribution in [3.63, 3.8) is 0 Å². The molecule has 3 aromatic rings. The molecule has 2 N–H and O–H groups in total. The smallest absolute Gasteiger partial charge is 0.335 e. The van der Waals surface area contributed by atoms with Crippen LogP contribution in [-0.4, -0.2) is 17.0 Å². The molecule has 0 aromatic heterocycles. The molecule has 4 nitrogen and oxygen atoms in total. The first-order valence-corrected chi connectivity index (χ1v) is 8.78. The van der Waals surface area contributed by atoms with Crippen LogP contribution in [0.3, 0.4) is 0 Å². The molecule has 0 atom stereocenters. The lowest BCUT2D eigenvalue weighted by molar-refractivity contribution is -0.116. The zero-order chi connectivity index (χ0) is 19.2. The van der Waals surface area contributed by atoms with Gasteiger partial charge < -0.3 is 10.4 Å². The van der Waals surface area contributed by atoms with E-state index in [1.165, 1.54) is 12.1 Å². The standard InChI is InChI=1S/C23H21NO3/c1-16-12-13-19(23(26)27)14-21(16)24-22(25)15-20(17-8-4-2-5-9-17)18-10-6-3-7-11-18/h2-14,20H,15H2,1H3,(H,24,25)(H,26,27). The number of hydrogen-bond donors (Lipinski definition) is 2. The minimum atomic E-state index is -1.02. The van der Waals surface area contributed by atoms with Crippen molar-refractivity contribution in [2.24, 2.45) is 0 Å². The lowest BCUT2D eigenvalue weighted by atomic mass is 9.88. The van der Waals surface area contributed by atoms with E-state index in [9.17, 15) is 9.59 Å². The molecule has 0 aliphatic heterocycles. The summed E-state index contributed by atoms with van der Waals surface area (Å²) < 4.78 is 0. The number of carboxylic acids is 1. The predicted octanol–water partition coefficient (Wildman–Crippen LogP) is 4.85. The van der Waals surface area contributed by atoms with E-state index in [2.05, 4.69) is 5.32 Å². The number of carboxylic acid groups (broad SMARTS) is 1. The van der Waals surface area contributed by atoms with Crippen LogP contribution in [0.4, 0.5) is 5.69 Å². The second kappa shape index (κ2) is 8.32. The SMILES string of the molecule is Cc1ccc(C(=O)O)cc1NC(=O)CC(c1ccccc1)c1ccccc1. The van der Waals surface area contributed by atoms with Gasteiger partial charge in [-0.05, 0) is 35.7 Å². The molecule has 0 bridgehead atoms. The second-order valence-corrected chi connectivity index (χ2v) is 6.46. The topological polar surface area (TPSA) is 66.4 Å². The molecule has 3 rings (SSSR count). The average molecular weight is 359 g/mol. The first-order chi connectivity index (χ1) is 13.0.